The van der Waals surface area contributed by atoms with E-state index in [1.165, 1.54) is 5.56 Å². The number of pyridine rings is 1. The molecule has 0 unspecified atom stereocenters. The molecule has 0 fully saturated rings. The SMILES string of the molecule is CCNC(=NCCc1ccc(C)c(OC)c1)NCCOc1cccnc1. The first-order chi connectivity index (χ1) is 12.7. The predicted octanol–water partition coefficient (Wildman–Crippen LogP) is 2.58. The van der Waals surface area contributed by atoms with Crippen molar-refractivity contribution in [3.8, 4) is 11.5 Å². The Bertz CT molecular complexity index is 689. The minimum absolute atomic E-state index is 0.547. The third-order valence-corrected chi connectivity index (χ3v) is 3.78. The number of rotatable bonds is 9. The molecule has 0 amide bonds. The molecular weight excluding hydrogens is 328 g/mol. The van der Waals surface area contributed by atoms with Crippen LogP contribution < -0.4 is 20.1 Å². The molecule has 0 spiro atoms. The van der Waals surface area contributed by atoms with Gasteiger partial charge in [0, 0.05) is 19.3 Å². The molecule has 2 aromatic rings. The van der Waals surface area contributed by atoms with Crippen molar-refractivity contribution < 1.29 is 9.47 Å². The van der Waals surface area contributed by atoms with E-state index in [9.17, 15) is 0 Å². The van der Waals surface area contributed by atoms with Crippen molar-refractivity contribution in [3.05, 3.63) is 53.9 Å². The molecule has 1 aromatic heterocycles. The minimum atomic E-state index is 0.547. The molecule has 0 aliphatic carbocycles. The van der Waals surface area contributed by atoms with Crippen LogP contribution in [-0.2, 0) is 6.42 Å². The predicted molar refractivity (Wildman–Crippen MR) is 105 cm³/mol. The van der Waals surface area contributed by atoms with Crippen molar-refractivity contribution in [1.29, 1.82) is 0 Å². The van der Waals surface area contributed by atoms with Crippen LogP contribution in [0.2, 0.25) is 0 Å². The molecule has 1 heterocycles. The summed E-state index contributed by atoms with van der Waals surface area (Å²) >= 11 is 0. The first-order valence-corrected chi connectivity index (χ1v) is 8.91. The summed E-state index contributed by atoms with van der Waals surface area (Å²) in [7, 11) is 1.70. The Morgan fingerprint density at radius 1 is 1.23 bits per heavy atom. The van der Waals surface area contributed by atoms with E-state index < -0.39 is 0 Å². The summed E-state index contributed by atoms with van der Waals surface area (Å²) in [6.07, 6.45) is 4.29. The molecule has 0 bridgehead atoms. The van der Waals surface area contributed by atoms with Gasteiger partial charge in [-0.15, -0.1) is 0 Å². The van der Waals surface area contributed by atoms with Crippen molar-refractivity contribution in [1.82, 2.24) is 15.6 Å². The molecular formula is C20H28N4O2. The normalized spacial score (nSPS) is 11.1. The van der Waals surface area contributed by atoms with E-state index in [1.807, 2.05) is 26.0 Å². The summed E-state index contributed by atoms with van der Waals surface area (Å²) in [6, 6.07) is 10.0. The third kappa shape index (κ3) is 6.63. The maximum atomic E-state index is 5.62. The zero-order valence-electron chi connectivity index (χ0n) is 15.8. The maximum Gasteiger partial charge on any atom is 0.191 e. The molecule has 2 rings (SSSR count). The topological polar surface area (TPSA) is 67.8 Å². The fourth-order valence-corrected chi connectivity index (χ4v) is 2.43. The quantitative estimate of drug-likeness (QED) is 0.411. The first-order valence-electron chi connectivity index (χ1n) is 8.91. The third-order valence-electron chi connectivity index (χ3n) is 3.78. The van der Waals surface area contributed by atoms with Crippen LogP contribution in [0.15, 0.2) is 47.7 Å². The van der Waals surface area contributed by atoms with E-state index in [-0.39, 0.29) is 0 Å². The smallest absolute Gasteiger partial charge is 0.191 e. The van der Waals surface area contributed by atoms with Gasteiger partial charge in [0.1, 0.15) is 18.1 Å². The molecule has 0 atom stereocenters. The highest BCUT2D eigenvalue weighted by molar-refractivity contribution is 5.79. The lowest BCUT2D eigenvalue weighted by Gasteiger charge is -2.12. The average molecular weight is 356 g/mol. The second kappa shape index (κ2) is 11.0. The highest BCUT2D eigenvalue weighted by Crippen LogP contribution is 2.19. The van der Waals surface area contributed by atoms with Crippen molar-refractivity contribution in [2.75, 3.05) is 33.4 Å². The van der Waals surface area contributed by atoms with Crippen LogP contribution in [-0.4, -0.2) is 44.3 Å². The molecule has 6 nitrogen and oxygen atoms in total. The monoisotopic (exact) mass is 356 g/mol. The number of ether oxygens (including phenoxy) is 2. The standard InChI is InChI=1S/C20H28N4O2/c1-4-22-20(24-12-13-26-18-6-5-10-21-15-18)23-11-9-17-8-7-16(2)19(14-17)25-3/h5-8,10,14-15H,4,9,11-13H2,1-3H3,(H2,22,23,24). The number of aryl methyl sites for hydroxylation is 1. The Kier molecular flexibility index (Phi) is 8.26. The molecule has 2 N–H and O–H groups in total. The van der Waals surface area contributed by atoms with Crippen LogP contribution >= 0.6 is 0 Å². The van der Waals surface area contributed by atoms with E-state index in [0.29, 0.717) is 19.7 Å². The average Bonchev–Trinajstić information content (AvgIpc) is 2.67. The zero-order valence-corrected chi connectivity index (χ0v) is 15.8. The van der Waals surface area contributed by atoms with Gasteiger partial charge in [-0.1, -0.05) is 12.1 Å². The summed E-state index contributed by atoms with van der Waals surface area (Å²) in [5, 5.41) is 6.52. The number of nitrogens with zero attached hydrogens (tertiary/aromatic N) is 2. The van der Waals surface area contributed by atoms with Gasteiger partial charge >= 0.3 is 0 Å². The van der Waals surface area contributed by atoms with Gasteiger partial charge in [0.05, 0.1) is 19.9 Å². The molecule has 6 heteroatoms. The van der Waals surface area contributed by atoms with E-state index in [4.69, 9.17) is 9.47 Å². The Hall–Kier alpha value is -2.76. The highest BCUT2D eigenvalue weighted by Gasteiger charge is 2.01. The van der Waals surface area contributed by atoms with Crippen LogP contribution in [0.1, 0.15) is 18.1 Å². The first kappa shape index (κ1) is 19.6. The number of aromatic nitrogens is 1. The van der Waals surface area contributed by atoms with Crippen LogP contribution in [0.25, 0.3) is 0 Å². The van der Waals surface area contributed by atoms with Gasteiger partial charge in [-0.25, -0.2) is 0 Å². The van der Waals surface area contributed by atoms with Gasteiger partial charge < -0.3 is 20.1 Å². The Balaban J connectivity index is 1.78. The molecule has 140 valence electrons. The molecule has 0 radical (unpaired) electrons. The maximum absolute atomic E-state index is 5.62. The van der Waals surface area contributed by atoms with E-state index in [2.05, 4.69) is 38.8 Å². The lowest BCUT2D eigenvalue weighted by atomic mass is 10.1. The Labute approximate surface area is 155 Å². The summed E-state index contributed by atoms with van der Waals surface area (Å²) in [4.78, 5) is 8.64. The summed E-state index contributed by atoms with van der Waals surface area (Å²) in [6.45, 7) is 6.82. The number of nitrogens with one attached hydrogen (secondary N) is 2. The lowest BCUT2D eigenvalue weighted by Crippen LogP contribution is -2.39. The van der Waals surface area contributed by atoms with Gasteiger partial charge in [0.15, 0.2) is 5.96 Å². The van der Waals surface area contributed by atoms with E-state index >= 15 is 0 Å². The summed E-state index contributed by atoms with van der Waals surface area (Å²) in [5.74, 6) is 2.48. The van der Waals surface area contributed by atoms with Gasteiger partial charge in [-0.3, -0.25) is 9.98 Å². The minimum Gasteiger partial charge on any atom is -0.496 e. The van der Waals surface area contributed by atoms with E-state index in [1.54, 1.807) is 19.5 Å². The fourth-order valence-electron chi connectivity index (χ4n) is 2.43. The molecule has 0 aliphatic rings. The Morgan fingerprint density at radius 3 is 2.85 bits per heavy atom. The molecule has 0 saturated carbocycles. The van der Waals surface area contributed by atoms with Gasteiger partial charge in [-0.05, 0) is 49.6 Å². The Morgan fingerprint density at radius 2 is 2.12 bits per heavy atom. The van der Waals surface area contributed by atoms with Crippen LogP contribution in [0, 0.1) is 6.92 Å². The number of benzene rings is 1. The number of hydrogen-bond acceptors (Lipinski definition) is 4. The molecule has 1 aromatic carbocycles. The second-order valence-electron chi connectivity index (χ2n) is 5.78. The number of guanidine groups is 1. The molecule has 0 saturated heterocycles. The number of aliphatic imine (C=N–C) groups is 1. The number of methoxy groups -OCH3 is 1. The van der Waals surface area contributed by atoms with Gasteiger partial charge in [-0.2, -0.15) is 0 Å². The number of hydrogen-bond donors (Lipinski definition) is 2. The largest absolute Gasteiger partial charge is 0.496 e. The van der Waals surface area contributed by atoms with Crippen molar-refractivity contribution in [2.45, 2.75) is 20.3 Å². The van der Waals surface area contributed by atoms with Crippen LogP contribution in [0.3, 0.4) is 0 Å². The zero-order chi connectivity index (χ0) is 18.6. The van der Waals surface area contributed by atoms with Crippen molar-refractivity contribution in [3.63, 3.8) is 0 Å². The van der Waals surface area contributed by atoms with Gasteiger partial charge in [0.25, 0.3) is 0 Å². The highest BCUT2D eigenvalue weighted by atomic mass is 16.5. The van der Waals surface area contributed by atoms with E-state index in [0.717, 1.165) is 36.0 Å². The van der Waals surface area contributed by atoms with Crippen LogP contribution in [0.5, 0.6) is 11.5 Å². The van der Waals surface area contributed by atoms with Crippen molar-refractivity contribution in [2.24, 2.45) is 4.99 Å². The summed E-state index contributed by atoms with van der Waals surface area (Å²) < 4.78 is 11.0. The lowest BCUT2D eigenvalue weighted by molar-refractivity contribution is 0.320. The van der Waals surface area contributed by atoms with Gasteiger partial charge in [0.2, 0.25) is 0 Å². The van der Waals surface area contributed by atoms with Crippen LogP contribution in [0.4, 0.5) is 0 Å². The second-order valence-corrected chi connectivity index (χ2v) is 5.78. The molecule has 26 heavy (non-hydrogen) atoms. The fraction of sp³-hybridized carbons (Fsp3) is 0.400. The summed E-state index contributed by atoms with van der Waals surface area (Å²) in [5.41, 5.74) is 2.36. The molecule has 0 aliphatic heterocycles. The van der Waals surface area contributed by atoms with Crippen molar-refractivity contribution >= 4 is 5.96 Å².